The van der Waals surface area contributed by atoms with Crippen molar-refractivity contribution in [2.24, 2.45) is 11.1 Å². The highest BCUT2D eigenvalue weighted by molar-refractivity contribution is 8.01. The van der Waals surface area contributed by atoms with Crippen LogP contribution in [0.1, 0.15) is 19.4 Å². The van der Waals surface area contributed by atoms with Crippen LogP contribution in [0, 0.1) is 5.41 Å². The molecule has 3 N–H and O–H groups in total. The Morgan fingerprint density at radius 3 is 2.84 bits per heavy atom. The third-order valence-electron chi connectivity index (χ3n) is 3.31. The predicted octanol–water partition coefficient (Wildman–Crippen LogP) is 2.13. The van der Waals surface area contributed by atoms with Gasteiger partial charge in [0, 0.05) is 16.9 Å². The zero-order chi connectivity index (χ0) is 14.0. The summed E-state index contributed by atoms with van der Waals surface area (Å²) < 4.78 is 0. The minimum atomic E-state index is -0.346. The summed E-state index contributed by atoms with van der Waals surface area (Å²) in [6, 6.07) is 8.15. The molecule has 3 nitrogen and oxygen atoms in total. The summed E-state index contributed by atoms with van der Waals surface area (Å²) in [5, 5.41) is 2.91. The van der Waals surface area contributed by atoms with Crippen molar-refractivity contribution >= 4 is 34.9 Å². The maximum absolute atomic E-state index is 12.2. The molecule has 5 heteroatoms. The molecular weight excluding hydrogens is 276 g/mol. The number of fused-ring (bicyclic) bond motifs is 1. The molecule has 102 valence electrons. The Kier molecular flexibility index (Phi) is 4.16. The fraction of sp³-hybridized carbons (Fsp3) is 0.429. The Morgan fingerprint density at radius 2 is 2.21 bits per heavy atom. The molecule has 1 unspecified atom stereocenters. The molecule has 1 amide bonds. The minimum absolute atomic E-state index is 0.0421. The monoisotopic (exact) mass is 294 g/mol. The number of thioether (sulfide) groups is 1. The van der Waals surface area contributed by atoms with E-state index in [1.165, 1.54) is 10.5 Å². The van der Waals surface area contributed by atoms with Crippen LogP contribution in [0.3, 0.4) is 0 Å². The van der Waals surface area contributed by atoms with E-state index in [1.807, 2.05) is 26.0 Å². The molecule has 2 rings (SSSR count). The van der Waals surface area contributed by atoms with E-state index in [-0.39, 0.29) is 16.6 Å². The van der Waals surface area contributed by atoms with Crippen LogP contribution in [0.2, 0.25) is 0 Å². The van der Waals surface area contributed by atoms with Crippen LogP contribution >= 0.6 is 24.0 Å². The third kappa shape index (κ3) is 3.28. The fourth-order valence-electron chi connectivity index (χ4n) is 1.84. The van der Waals surface area contributed by atoms with Gasteiger partial charge in [0.25, 0.3) is 0 Å². The molecule has 1 atom stereocenters. The van der Waals surface area contributed by atoms with Crippen molar-refractivity contribution in [2.45, 2.75) is 30.4 Å². The molecule has 0 radical (unpaired) electrons. The number of rotatable bonds is 4. The van der Waals surface area contributed by atoms with Crippen LogP contribution in [0.25, 0.3) is 0 Å². The van der Waals surface area contributed by atoms with Gasteiger partial charge in [-0.2, -0.15) is 0 Å². The summed E-state index contributed by atoms with van der Waals surface area (Å²) in [6.45, 7) is 4.35. The highest BCUT2D eigenvalue weighted by atomic mass is 32.2. The summed E-state index contributed by atoms with van der Waals surface area (Å²) >= 11 is 6.62. The van der Waals surface area contributed by atoms with Crippen molar-refractivity contribution in [1.29, 1.82) is 0 Å². The summed E-state index contributed by atoms with van der Waals surface area (Å²) in [5.41, 5.74) is 6.56. The average Bonchev–Trinajstić information content (AvgIpc) is 2.79. The van der Waals surface area contributed by atoms with Crippen LogP contribution in [0.15, 0.2) is 29.2 Å². The van der Waals surface area contributed by atoms with Gasteiger partial charge < -0.3 is 11.1 Å². The molecule has 1 heterocycles. The van der Waals surface area contributed by atoms with E-state index in [4.69, 9.17) is 18.0 Å². The van der Waals surface area contributed by atoms with Crippen LogP contribution in [0.5, 0.6) is 0 Å². The van der Waals surface area contributed by atoms with Crippen molar-refractivity contribution in [1.82, 2.24) is 5.32 Å². The first-order valence-corrected chi connectivity index (χ1v) is 7.51. The maximum Gasteiger partial charge on any atom is 0.233 e. The van der Waals surface area contributed by atoms with Gasteiger partial charge in [-0.1, -0.05) is 44.3 Å². The second-order valence-electron chi connectivity index (χ2n) is 5.38. The Balaban J connectivity index is 1.92. The molecule has 0 saturated carbocycles. The molecule has 0 bridgehead atoms. The number of amides is 1. The molecule has 0 spiro atoms. The van der Waals surface area contributed by atoms with Gasteiger partial charge in [0.1, 0.15) is 0 Å². The van der Waals surface area contributed by atoms with Crippen LogP contribution in [-0.2, 0) is 11.2 Å². The summed E-state index contributed by atoms with van der Waals surface area (Å²) in [5.74, 6) is 0.0607. The molecule has 0 aliphatic carbocycles. The van der Waals surface area contributed by atoms with E-state index < -0.39 is 0 Å². The first kappa shape index (κ1) is 14.3. The minimum Gasteiger partial charge on any atom is -0.393 e. The number of nitrogens with two attached hydrogens (primary N) is 1. The zero-order valence-electron chi connectivity index (χ0n) is 11.1. The van der Waals surface area contributed by atoms with Gasteiger partial charge in [0.2, 0.25) is 5.91 Å². The lowest BCUT2D eigenvalue weighted by Gasteiger charge is -2.24. The van der Waals surface area contributed by atoms with Crippen molar-refractivity contribution < 1.29 is 4.79 Å². The normalized spacial score (nSPS) is 17.9. The second-order valence-corrected chi connectivity index (χ2v) is 7.07. The average molecular weight is 294 g/mol. The topological polar surface area (TPSA) is 55.1 Å². The predicted molar refractivity (Wildman–Crippen MR) is 83.4 cm³/mol. The molecular formula is C14H18N2OS2. The maximum atomic E-state index is 12.2. The highest BCUT2D eigenvalue weighted by Crippen LogP contribution is 2.36. The molecule has 0 aromatic heterocycles. The quantitative estimate of drug-likeness (QED) is 0.835. The van der Waals surface area contributed by atoms with Gasteiger partial charge in [-0.15, -0.1) is 11.8 Å². The number of hydrogen-bond donors (Lipinski definition) is 2. The summed E-state index contributed by atoms with van der Waals surface area (Å²) in [4.78, 5) is 13.8. The van der Waals surface area contributed by atoms with Crippen LogP contribution in [0.4, 0.5) is 0 Å². The Hall–Kier alpha value is -1.07. The number of benzene rings is 1. The number of nitrogens with one attached hydrogen (secondary N) is 1. The SMILES string of the molecule is CC(C)(CNC(=O)C1Cc2ccccc2S1)C(N)=S. The Labute approximate surface area is 123 Å². The molecule has 0 saturated heterocycles. The fourth-order valence-corrected chi connectivity index (χ4v) is 3.13. The van der Waals surface area contributed by atoms with Crippen molar-refractivity contribution in [2.75, 3.05) is 6.54 Å². The summed E-state index contributed by atoms with van der Waals surface area (Å²) in [6.07, 6.45) is 0.792. The lowest BCUT2D eigenvalue weighted by Crippen LogP contribution is -2.44. The van der Waals surface area contributed by atoms with Crippen molar-refractivity contribution in [3.63, 3.8) is 0 Å². The largest absolute Gasteiger partial charge is 0.393 e. The number of hydrogen-bond acceptors (Lipinski definition) is 3. The van der Waals surface area contributed by atoms with E-state index >= 15 is 0 Å². The summed E-state index contributed by atoms with van der Waals surface area (Å²) in [7, 11) is 0. The third-order valence-corrected chi connectivity index (χ3v) is 5.18. The number of thiocarbonyl (C=S) groups is 1. The van der Waals surface area contributed by atoms with E-state index in [0.29, 0.717) is 11.5 Å². The van der Waals surface area contributed by atoms with E-state index in [0.717, 1.165) is 6.42 Å². The molecule has 1 aromatic carbocycles. The second kappa shape index (κ2) is 5.51. The number of carbonyl (C=O) groups is 1. The van der Waals surface area contributed by atoms with Crippen LogP contribution < -0.4 is 11.1 Å². The first-order valence-electron chi connectivity index (χ1n) is 6.22. The van der Waals surface area contributed by atoms with Crippen molar-refractivity contribution in [3.8, 4) is 0 Å². The van der Waals surface area contributed by atoms with Gasteiger partial charge in [-0.3, -0.25) is 4.79 Å². The van der Waals surface area contributed by atoms with Crippen molar-refractivity contribution in [3.05, 3.63) is 29.8 Å². The van der Waals surface area contributed by atoms with Crippen LogP contribution in [-0.4, -0.2) is 22.7 Å². The van der Waals surface area contributed by atoms with E-state index in [9.17, 15) is 4.79 Å². The smallest absolute Gasteiger partial charge is 0.233 e. The Morgan fingerprint density at radius 1 is 1.53 bits per heavy atom. The van der Waals surface area contributed by atoms with Gasteiger partial charge in [-0.25, -0.2) is 0 Å². The molecule has 1 aliphatic rings. The zero-order valence-corrected chi connectivity index (χ0v) is 12.7. The van der Waals surface area contributed by atoms with Gasteiger partial charge in [0.15, 0.2) is 0 Å². The van der Waals surface area contributed by atoms with Gasteiger partial charge in [-0.05, 0) is 18.1 Å². The van der Waals surface area contributed by atoms with Gasteiger partial charge >= 0.3 is 0 Å². The first-order chi connectivity index (χ1) is 8.90. The molecule has 19 heavy (non-hydrogen) atoms. The van der Waals surface area contributed by atoms with Gasteiger partial charge in [0.05, 0.1) is 10.2 Å². The lowest BCUT2D eigenvalue weighted by atomic mass is 9.93. The standard InChI is InChI=1S/C14H18N2OS2/c1-14(2,13(15)18)8-16-12(17)11-7-9-5-3-4-6-10(9)19-11/h3-6,11H,7-8H2,1-2H3,(H2,15,18)(H,16,17). The Bertz CT molecular complexity index is 489. The molecule has 0 fully saturated rings. The van der Waals surface area contributed by atoms with E-state index in [1.54, 1.807) is 11.8 Å². The lowest BCUT2D eigenvalue weighted by molar-refractivity contribution is -0.120. The van der Waals surface area contributed by atoms with E-state index in [2.05, 4.69) is 17.4 Å². The molecule has 1 aliphatic heterocycles. The molecule has 1 aromatic rings. The highest BCUT2D eigenvalue weighted by Gasteiger charge is 2.29. The number of carbonyl (C=O) groups excluding carboxylic acids is 1.